The number of nitrogens with zero attached hydrogens (tertiary/aromatic N) is 3. The molecule has 39 heavy (non-hydrogen) atoms. The van der Waals surface area contributed by atoms with Gasteiger partial charge in [0.15, 0.2) is 11.5 Å². The average molecular weight is 522 g/mol. The molecule has 2 aromatic carbocycles. The number of rotatable bonds is 9. The Bertz CT molecular complexity index is 1490. The fourth-order valence-electron chi connectivity index (χ4n) is 4.56. The maximum absolute atomic E-state index is 13.3. The normalized spacial score (nSPS) is 16.3. The molecule has 1 N–H and O–H groups in total. The van der Waals surface area contributed by atoms with Crippen molar-refractivity contribution in [3.63, 3.8) is 0 Å². The zero-order chi connectivity index (χ0) is 27.2. The molecule has 0 saturated carbocycles. The molecule has 1 amide bonds. The number of aliphatic hydroxyl groups is 1. The molecule has 0 bridgehead atoms. The number of likely N-dealkylation sites (tertiary alicyclic amines) is 1. The second-order valence-electron chi connectivity index (χ2n) is 8.94. The molecule has 8 nitrogen and oxygen atoms in total. The summed E-state index contributed by atoms with van der Waals surface area (Å²) in [5.41, 5.74) is 2.74. The molecule has 2 aromatic heterocycles. The van der Waals surface area contributed by atoms with Crippen LogP contribution in [0.1, 0.15) is 35.2 Å². The van der Waals surface area contributed by atoms with Crippen LogP contribution in [0.4, 0.5) is 0 Å². The van der Waals surface area contributed by atoms with E-state index in [0.717, 1.165) is 11.1 Å². The summed E-state index contributed by atoms with van der Waals surface area (Å²) in [6.07, 6.45) is 6.32. The van der Waals surface area contributed by atoms with Gasteiger partial charge in [0, 0.05) is 36.9 Å². The monoisotopic (exact) mass is 521 g/mol. The van der Waals surface area contributed by atoms with Gasteiger partial charge >= 0.3 is 0 Å². The van der Waals surface area contributed by atoms with E-state index < -0.39 is 17.7 Å². The first-order valence-electron chi connectivity index (χ1n) is 12.6. The molecule has 8 heteroatoms. The number of hydrogen-bond donors (Lipinski definition) is 1. The molecule has 3 heterocycles. The van der Waals surface area contributed by atoms with Gasteiger partial charge in [0.1, 0.15) is 12.4 Å². The Balaban J connectivity index is 1.58. The lowest BCUT2D eigenvalue weighted by Gasteiger charge is -2.26. The van der Waals surface area contributed by atoms with Crippen LogP contribution in [-0.4, -0.2) is 38.3 Å². The summed E-state index contributed by atoms with van der Waals surface area (Å²) in [6.45, 7) is 2.73. The third-order valence-electron chi connectivity index (χ3n) is 6.39. The van der Waals surface area contributed by atoms with Gasteiger partial charge in [-0.2, -0.15) is 0 Å². The summed E-state index contributed by atoms with van der Waals surface area (Å²) in [4.78, 5) is 36.2. The number of amides is 1. The van der Waals surface area contributed by atoms with Gasteiger partial charge in [0.25, 0.3) is 11.7 Å². The molecule has 0 radical (unpaired) electrons. The quantitative estimate of drug-likeness (QED) is 0.186. The first-order valence-corrected chi connectivity index (χ1v) is 12.6. The highest BCUT2D eigenvalue weighted by atomic mass is 16.5. The van der Waals surface area contributed by atoms with Gasteiger partial charge < -0.3 is 19.5 Å². The van der Waals surface area contributed by atoms with Crippen molar-refractivity contribution in [1.29, 1.82) is 0 Å². The van der Waals surface area contributed by atoms with Crippen molar-refractivity contribution in [2.24, 2.45) is 0 Å². The van der Waals surface area contributed by atoms with Crippen LogP contribution in [0.5, 0.6) is 11.5 Å². The van der Waals surface area contributed by atoms with Gasteiger partial charge in [-0.1, -0.05) is 42.5 Å². The Labute approximate surface area is 226 Å². The lowest BCUT2D eigenvalue weighted by Crippen LogP contribution is -2.29. The number of Topliss-reactive ketones (excluding diaryl/α,β-unsaturated/α-hetero) is 1. The molecule has 1 fully saturated rings. The highest BCUT2D eigenvalue weighted by molar-refractivity contribution is 6.46. The van der Waals surface area contributed by atoms with Crippen LogP contribution in [0.3, 0.4) is 0 Å². The van der Waals surface area contributed by atoms with Crippen LogP contribution in [-0.2, 0) is 22.7 Å². The van der Waals surface area contributed by atoms with Crippen molar-refractivity contribution in [2.45, 2.75) is 26.1 Å². The van der Waals surface area contributed by atoms with Gasteiger partial charge in [-0.05, 0) is 53.9 Å². The zero-order valence-corrected chi connectivity index (χ0v) is 21.4. The van der Waals surface area contributed by atoms with E-state index in [4.69, 9.17) is 9.47 Å². The summed E-state index contributed by atoms with van der Waals surface area (Å²) in [6, 6.07) is 21.0. The lowest BCUT2D eigenvalue weighted by atomic mass is 9.95. The van der Waals surface area contributed by atoms with Crippen molar-refractivity contribution in [2.75, 3.05) is 6.61 Å². The van der Waals surface area contributed by atoms with Gasteiger partial charge in [-0.15, -0.1) is 0 Å². The number of ketones is 1. The predicted molar refractivity (Wildman–Crippen MR) is 145 cm³/mol. The second-order valence-corrected chi connectivity index (χ2v) is 8.94. The second kappa shape index (κ2) is 11.6. The first kappa shape index (κ1) is 25.7. The van der Waals surface area contributed by atoms with Crippen LogP contribution in [0.2, 0.25) is 0 Å². The van der Waals surface area contributed by atoms with E-state index in [0.29, 0.717) is 35.8 Å². The Morgan fingerprint density at radius 1 is 0.872 bits per heavy atom. The SMILES string of the molecule is CCOc1cc(C2C(=C(O)c3ccncc3)C(=O)C(=O)N2Cc2cccnc2)ccc1OCc1ccccc1. The van der Waals surface area contributed by atoms with Crippen LogP contribution < -0.4 is 9.47 Å². The number of aliphatic hydroxyl groups excluding tert-OH is 1. The predicted octanol–water partition coefficient (Wildman–Crippen LogP) is 5.08. The lowest BCUT2D eigenvalue weighted by molar-refractivity contribution is -0.140. The maximum Gasteiger partial charge on any atom is 0.295 e. The summed E-state index contributed by atoms with van der Waals surface area (Å²) < 4.78 is 12.0. The van der Waals surface area contributed by atoms with E-state index in [9.17, 15) is 14.7 Å². The molecule has 1 saturated heterocycles. The standard InChI is InChI=1S/C31H27N3O5/c1-2-38-26-17-24(10-11-25(26)39-20-21-7-4-3-5-8-21)28-27(29(35)23-12-15-32-16-13-23)30(36)31(37)34(28)19-22-9-6-14-33-18-22/h3-18,28,35H,2,19-20H2,1H3. The van der Waals surface area contributed by atoms with Crippen LogP contribution >= 0.6 is 0 Å². The van der Waals surface area contributed by atoms with Gasteiger partial charge in [-0.3, -0.25) is 19.6 Å². The van der Waals surface area contributed by atoms with E-state index >= 15 is 0 Å². The fraction of sp³-hybridized carbons (Fsp3) is 0.161. The van der Waals surface area contributed by atoms with E-state index in [-0.39, 0.29) is 17.9 Å². The smallest absolute Gasteiger partial charge is 0.295 e. The van der Waals surface area contributed by atoms with E-state index in [1.807, 2.05) is 43.3 Å². The number of ether oxygens (including phenoxy) is 2. The fourth-order valence-corrected chi connectivity index (χ4v) is 4.56. The van der Waals surface area contributed by atoms with Crippen LogP contribution in [0, 0.1) is 0 Å². The molecule has 0 spiro atoms. The highest BCUT2D eigenvalue weighted by Crippen LogP contribution is 2.42. The van der Waals surface area contributed by atoms with E-state index in [2.05, 4.69) is 9.97 Å². The molecular formula is C31H27N3O5. The zero-order valence-electron chi connectivity index (χ0n) is 21.4. The Kier molecular flexibility index (Phi) is 7.63. The molecule has 4 aromatic rings. The van der Waals surface area contributed by atoms with Crippen LogP contribution in [0.25, 0.3) is 5.76 Å². The number of carbonyl (C=O) groups is 2. The minimum Gasteiger partial charge on any atom is -0.507 e. The van der Waals surface area contributed by atoms with Crippen molar-refractivity contribution in [3.8, 4) is 11.5 Å². The summed E-state index contributed by atoms with van der Waals surface area (Å²) in [5, 5.41) is 11.2. The number of pyridine rings is 2. The third-order valence-corrected chi connectivity index (χ3v) is 6.39. The van der Waals surface area contributed by atoms with Gasteiger partial charge in [-0.25, -0.2) is 0 Å². The topological polar surface area (TPSA) is 102 Å². The number of benzene rings is 2. The molecule has 0 aliphatic carbocycles. The molecule has 1 aliphatic heterocycles. The van der Waals surface area contributed by atoms with Crippen molar-refractivity contribution >= 4 is 17.4 Å². The minimum atomic E-state index is -0.860. The average Bonchev–Trinajstić information content (AvgIpc) is 3.22. The Morgan fingerprint density at radius 2 is 1.64 bits per heavy atom. The summed E-state index contributed by atoms with van der Waals surface area (Å²) in [7, 11) is 0. The number of aromatic nitrogens is 2. The van der Waals surface area contributed by atoms with E-state index in [1.165, 1.54) is 17.3 Å². The maximum atomic E-state index is 13.3. The minimum absolute atomic E-state index is 0.00417. The Hall–Kier alpha value is -4.98. The highest BCUT2D eigenvalue weighted by Gasteiger charge is 2.46. The number of carbonyl (C=O) groups excluding carboxylic acids is 2. The first-order chi connectivity index (χ1) is 19.1. The van der Waals surface area contributed by atoms with E-state index in [1.54, 1.807) is 48.8 Å². The molecule has 5 rings (SSSR count). The molecule has 1 aliphatic rings. The summed E-state index contributed by atoms with van der Waals surface area (Å²) in [5.74, 6) is -0.733. The van der Waals surface area contributed by atoms with Crippen molar-refractivity contribution in [3.05, 3.63) is 125 Å². The summed E-state index contributed by atoms with van der Waals surface area (Å²) >= 11 is 0. The largest absolute Gasteiger partial charge is 0.507 e. The van der Waals surface area contributed by atoms with Gasteiger partial charge in [0.05, 0.1) is 18.2 Å². The molecule has 1 unspecified atom stereocenters. The third kappa shape index (κ3) is 5.50. The molecule has 1 atom stereocenters. The Morgan fingerprint density at radius 3 is 2.36 bits per heavy atom. The molecular weight excluding hydrogens is 494 g/mol. The van der Waals surface area contributed by atoms with Gasteiger partial charge in [0.2, 0.25) is 0 Å². The van der Waals surface area contributed by atoms with Crippen molar-refractivity contribution < 1.29 is 24.2 Å². The number of hydrogen-bond acceptors (Lipinski definition) is 7. The molecule has 196 valence electrons. The van der Waals surface area contributed by atoms with Crippen LogP contribution in [0.15, 0.2) is 103 Å². The van der Waals surface area contributed by atoms with Crippen molar-refractivity contribution in [1.82, 2.24) is 14.9 Å².